The van der Waals surface area contributed by atoms with Gasteiger partial charge in [0.2, 0.25) is 5.91 Å². The van der Waals surface area contributed by atoms with Gasteiger partial charge in [0.05, 0.1) is 26.1 Å². The van der Waals surface area contributed by atoms with Gasteiger partial charge in [0.1, 0.15) is 5.82 Å². The Morgan fingerprint density at radius 3 is 2.65 bits per heavy atom. The molecule has 0 saturated heterocycles. The zero-order valence-corrected chi connectivity index (χ0v) is 14.9. The first-order valence-electron chi connectivity index (χ1n) is 8.18. The summed E-state index contributed by atoms with van der Waals surface area (Å²) < 4.78 is 10.4. The number of aliphatic hydroxyl groups excluding tert-OH is 1. The van der Waals surface area contributed by atoms with Crippen LogP contribution in [0, 0.1) is 0 Å². The van der Waals surface area contributed by atoms with Gasteiger partial charge in [-0.05, 0) is 42.3 Å². The molecule has 7 nitrogen and oxygen atoms in total. The van der Waals surface area contributed by atoms with Crippen molar-refractivity contribution in [3.63, 3.8) is 0 Å². The highest BCUT2D eigenvalue weighted by molar-refractivity contribution is 6.01. The fourth-order valence-electron chi connectivity index (χ4n) is 2.18. The van der Waals surface area contributed by atoms with Gasteiger partial charge in [0.25, 0.3) is 0 Å². The Bertz CT molecular complexity index is 745. The summed E-state index contributed by atoms with van der Waals surface area (Å²) in [5.74, 6) is 1.66. The molecule has 0 fully saturated rings. The number of anilines is 2. The lowest BCUT2D eigenvalue weighted by Gasteiger charge is -2.07. The number of rotatable bonds is 9. The van der Waals surface area contributed by atoms with E-state index >= 15 is 0 Å². The number of benzene rings is 1. The van der Waals surface area contributed by atoms with Crippen molar-refractivity contribution in [2.75, 3.05) is 38.0 Å². The van der Waals surface area contributed by atoms with E-state index in [0.717, 1.165) is 5.56 Å². The summed E-state index contributed by atoms with van der Waals surface area (Å²) in [6.07, 6.45) is 5.36. The Kier molecular flexibility index (Phi) is 7.45. The first kappa shape index (κ1) is 19.3. The van der Waals surface area contributed by atoms with Crippen molar-refractivity contribution in [1.29, 1.82) is 0 Å². The molecule has 0 spiro atoms. The number of hydrogen-bond acceptors (Lipinski definition) is 6. The zero-order valence-electron chi connectivity index (χ0n) is 14.9. The SMILES string of the molecule is COc1ccc(/C=C/C(=O)Nc2ccc(NCCCO)nc2)cc1OC. The van der Waals surface area contributed by atoms with Crippen LogP contribution in [0.15, 0.2) is 42.6 Å². The monoisotopic (exact) mass is 357 g/mol. The van der Waals surface area contributed by atoms with Crippen LogP contribution in [0.4, 0.5) is 11.5 Å². The summed E-state index contributed by atoms with van der Waals surface area (Å²) in [4.78, 5) is 16.2. The molecule has 26 heavy (non-hydrogen) atoms. The molecule has 7 heteroatoms. The van der Waals surface area contributed by atoms with E-state index in [9.17, 15) is 4.79 Å². The highest BCUT2D eigenvalue weighted by atomic mass is 16.5. The first-order valence-corrected chi connectivity index (χ1v) is 8.18. The average Bonchev–Trinajstić information content (AvgIpc) is 2.67. The highest BCUT2D eigenvalue weighted by Crippen LogP contribution is 2.27. The van der Waals surface area contributed by atoms with Crippen LogP contribution in [-0.4, -0.2) is 43.4 Å². The minimum absolute atomic E-state index is 0.132. The van der Waals surface area contributed by atoms with Crippen LogP contribution in [0.3, 0.4) is 0 Å². The number of nitrogens with zero attached hydrogens (tertiary/aromatic N) is 1. The van der Waals surface area contributed by atoms with Gasteiger partial charge in [-0.15, -0.1) is 0 Å². The number of methoxy groups -OCH3 is 2. The van der Waals surface area contributed by atoms with E-state index in [2.05, 4.69) is 15.6 Å². The predicted octanol–water partition coefficient (Wildman–Crippen LogP) is 2.55. The third-order valence-corrected chi connectivity index (χ3v) is 3.51. The van der Waals surface area contributed by atoms with Crippen LogP contribution >= 0.6 is 0 Å². The van der Waals surface area contributed by atoms with Gasteiger partial charge in [-0.2, -0.15) is 0 Å². The van der Waals surface area contributed by atoms with E-state index in [4.69, 9.17) is 14.6 Å². The van der Waals surface area contributed by atoms with E-state index in [0.29, 0.717) is 36.0 Å². The van der Waals surface area contributed by atoms with Crippen LogP contribution in [0.25, 0.3) is 6.08 Å². The molecular weight excluding hydrogens is 334 g/mol. The summed E-state index contributed by atoms with van der Waals surface area (Å²) in [5.41, 5.74) is 1.42. The van der Waals surface area contributed by atoms with E-state index in [-0.39, 0.29) is 12.5 Å². The summed E-state index contributed by atoms with van der Waals surface area (Å²) in [6.45, 7) is 0.775. The van der Waals surface area contributed by atoms with Gasteiger partial charge >= 0.3 is 0 Å². The molecule has 1 aromatic carbocycles. The molecule has 2 rings (SSSR count). The third kappa shape index (κ3) is 5.78. The molecule has 0 unspecified atom stereocenters. The van der Waals surface area contributed by atoms with Crippen LogP contribution in [-0.2, 0) is 4.79 Å². The molecule has 138 valence electrons. The number of hydrogen-bond donors (Lipinski definition) is 3. The largest absolute Gasteiger partial charge is 0.493 e. The van der Waals surface area contributed by atoms with Gasteiger partial charge in [-0.25, -0.2) is 4.98 Å². The van der Waals surface area contributed by atoms with Crippen LogP contribution in [0.2, 0.25) is 0 Å². The predicted molar refractivity (Wildman–Crippen MR) is 102 cm³/mol. The minimum Gasteiger partial charge on any atom is -0.493 e. The molecule has 1 heterocycles. The average molecular weight is 357 g/mol. The maximum Gasteiger partial charge on any atom is 0.248 e. The Morgan fingerprint density at radius 2 is 2.00 bits per heavy atom. The molecule has 3 N–H and O–H groups in total. The standard InChI is InChI=1S/C19H23N3O4/c1-25-16-7-4-14(12-17(16)26-2)5-9-19(24)22-15-6-8-18(21-13-15)20-10-3-11-23/h4-9,12-13,23H,3,10-11H2,1-2H3,(H,20,21)(H,22,24)/b9-5+. The van der Waals surface area contributed by atoms with Gasteiger partial charge in [0.15, 0.2) is 11.5 Å². The highest BCUT2D eigenvalue weighted by Gasteiger charge is 2.04. The van der Waals surface area contributed by atoms with Gasteiger partial charge in [-0.1, -0.05) is 6.07 Å². The van der Waals surface area contributed by atoms with E-state index in [1.165, 1.54) is 6.08 Å². The lowest BCUT2D eigenvalue weighted by Crippen LogP contribution is -2.09. The van der Waals surface area contributed by atoms with Gasteiger partial charge in [-0.3, -0.25) is 4.79 Å². The second-order valence-electron chi connectivity index (χ2n) is 5.37. The number of aromatic nitrogens is 1. The minimum atomic E-state index is -0.262. The maximum absolute atomic E-state index is 12.0. The third-order valence-electron chi connectivity index (χ3n) is 3.51. The molecule has 0 saturated carbocycles. The molecule has 0 aliphatic rings. The molecule has 1 aromatic heterocycles. The summed E-state index contributed by atoms with van der Waals surface area (Å²) in [6, 6.07) is 8.93. The molecule has 0 aliphatic heterocycles. The van der Waals surface area contributed by atoms with Crippen molar-refractivity contribution in [3.8, 4) is 11.5 Å². The number of pyridine rings is 1. The molecule has 1 amide bonds. The maximum atomic E-state index is 12.0. The number of nitrogens with one attached hydrogen (secondary N) is 2. The quantitative estimate of drug-likeness (QED) is 0.472. The molecule has 0 atom stereocenters. The van der Waals surface area contributed by atoms with Crippen molar-refractivity contribution in [2.45, 2.75) is 6.42 Å². The van der Waals surface area contributed by atoms with Crippen molar-refractivity contribution in [2.24, 2.45) is 0 Å². The zero-order chi connectivity index (χ0) is 18.8. The lowest BCUT2D eigenvalue weighted by atomic mass is 10.2. The van der Waals surface area contributed by atoms with Crippen molar-refractivity contribution in [1.82, 2.24) is 4.98 Å². The van der Waals surface area contributed by atoms with Crippen molar-refractivity contribution >= 4 is 23.5 Å². The fraction of sp³-hybridized carbons (Fsp3) is 0.263. The van der Waals surface area contributed by atoms with Crippen LogP contribution in [0.1, 0.15) is 12.0 Å². The molecular formula is C19H23N3O4. The van der Waals surface area contributed by atoms with E-state index in [1.807, 2.05) is 6.07 Å². The number of carbonyl (C=O) groups is 1. The molecule has 0 bridgehead atoms. The number of amides is 1. The fourth-order valence-corrected chi connectivity index (χ4v) is 2.18. The number of carbonyl (C=O) groups excluding carboxylic acids is 1. The number of ether oxygens (including phenoxy) is 2. The molecule has 0 radical (unpaired) electrons. The molecule has 2 aromatic rings. The summed E-state index contributed by atoms with van der Waals surface area (Å²) in [7, 11) is 3.13. The van der Waals surface area contributed by atoms with E-state index in [1.54, 1.807) is 50.8 Å². The Morgan fingerprint density at radius 1 is 1.19 bits per heavy atom. The Hall–Kier alpha value is -3.06. The van der Waals surface area contributed by atoms with Crippen LogP contribution < -0.4 is 20.1 Å². The van der Waals surface area contributed by atoms with E-state index < -0.39 is 0 Å². The van der Waals surface area contributed by atoms with Gasteiger partial charge in [0, 0.05) is 19.2 Å². The number of aliphatic hydroxyl groups is 1. The summed E-state index contributed by atoms with van der Waals surface area (Å²) in [5, 5.41) is 14.6. The second-order valence-corrected chi connectivity index (χ2v) is 5.37. The smallest absolute Gasteiger partial charge is 0.248 e. The summed E-state index contributed by atoms with van der Waals surface area (Å²) >= 11 is 0. The topological polar surface area (TPSA) is 92.7 Å². The lowest BCUT2D eigenvalue weighted by molar-refractivity contribution is -0.111. The normalized spacial score (nSPS) is 10.6. The van der Waals surface area contributed by atoms with Crippen molar-refractivity contribution < 1.29 is 19.4 Å². The Labute approximate surface area is 152 Å². The van der Waals surface area contributed by atoms with Crippen molar-refractivity contribution in [3.05, 3.63) is 48.2 Å². The first-order chi connectivity index (χ1) is 12.7. The molecule has 0 aliphatic carbocycles. The van der Waals surface area contributed by atoms with Crippen LogP contribution in [0.5, 0.6) is 11.5 Å². The Balaban J connectivity index is 1.92. The second kappa shape index (κ2) is 10.0. The van der Waals surface area contributed by atoms with Gasteiger partial charge < -0.3 is 25.2 Å².